The van der Waals surface area contributed by atoms with Gasteiger partial charge in [-0.15, -0.1) is 11.3 Å². The third-order valence-corrected chi connectivity index (χ3v) is 3.82. The number of hydrogen-bond donors (Lipinski definition) is 0. The van der Waals surface area contributed by atoms with Gasteiger partial charge in [0.25, 0.3) is 0 Å². The molecule has 86 valence electrons. The van der Waals surface area contributed by atoms with Crippen LogP contribution in [-0.2, 0) is 4.79 Å². The Morgan fingerprint density at radius 2 is 1.88 bits per heavy atom. The number of rotatable bonds is 4. The lowest BCUT2D eigenvalue weighted by Gasteiger charge is -1.98. The van der Waals surface area contributed by atoms with Gasteiger partial charge in [0.1, 0.15) is 6.29 Å². The Hall–Kier alpha value is -1.74. The summed E-state index contributed by atoms with van der Waals surface area (Å²) in [6, 6.07) is 12.8. The van der Waals surface area contributed by atoms with Crippen LogP contribution in [0.1, 0.15) is 33.0 Å². The Morgan fingerprint density at radius 3 is 2.53 bits per heavy atom. The van der Waals surface area contributed by atoms with Crippen molar-refractivity contribution >= 4 is 23.4 Å². The largest absolute Gasteiger partial charge is 0.303 e. The van der Waals surface area contributed by atoms with E-state index in [-0.39, 0.29) is 11.7 Å². The molecule has 0 amide bonds. The molecule has 2 nitrogen and oxygen atoms in total. The SMILES string of the molecule is C[C@@H](C=O)c1ccc(C(=O)c2ccccc2)s1. The van der Waals surface area contributed by atoms with Crippen LogP contribution >= 0.6 is 11.3 Å². The molecule has 2 rings (SSSR count). The molecule has 2 aromatic rings. The van der Waals surface area contributed by atoms with E-state index in [4.69, 9.17) is 0 Å². The molecular weight excluding hydrogens is 232 g/mol. The number of ketones is 1. The summed E-state index contributed by atoms with van der Waals surface area (Å²) in [6.45, 7) is 1.83. The number of aldehydes is 1. The monoisotopic (exact) mass is 244 g/mol. The first-order valence-corrected chi connectivity index (χ1v) is 6.19. The number of hydrogen-bond acceptors (Lipinski definition) is 3. The first-order valence-electron chi connectivity index (χ1n) is 5.37. The first-order chi connectivity index (χ1) is 8.22. The van der Waals surface area contributed by atoms with Crippen LogP contribution in [0.25, 0.3) is 0 Å². The lowest BCUT2D eigenvalue weighted by atomic mass is 10.1. The first kappa shape index (κ1) is 11.7. The topological polar surface area (TPSA) is 34.1 Å². The van der Waals surface area contributed by atoms with Crippen LogP contribution < -0.4 is 0 Å². The molecule has 1 heterocycles. The van der Waals surface area contributed by atoms with E-state index < -0.39 is 0 Å². The Morgan fingerprint density at radius 1 is 1.18 bits per heavy atom. The zero-order valence-electron chi connectivity index (χ0n) is 9.42. The van der Waals surface area contributed by atoms with Gasteiger partial charge < -0.3 is 4.79 Å². The lowest BCUT2D eigenvalue weighted by Crippen LogP contribution is -1.97. The molecule has 0 aliphatic heterocycles. The van der Waals surface area contributed by atoms with Crippen LogP contribution in [0, 0.1) is 0 Å². The highest BCUT2D eigenvalue weighted by molar-refractivity contribution is 7.14. The number of carbonyl (C=O) groups excluding carboxylic acids is 2. The average Bonchev–Trinajstić information content (AvgIpc) is 2.87. The molecule has 0 aliphatic carbocycles. The molecule has 3 heteroatoms. The predicted molar refractivity (Wildman–Crippen MR) is 68.7 cm³/mol. The van der Waals surface area contributed by atoms with Gasteiger partial charge in [0.05, 0.1) is 4.88 Å². The van der Waals surface area contributed by atoms with Crippen molar-refractivity contribution in [2.75, 3.05) is 0 Å². The van der Waals surface area contributed by atoms with E-state index in [1.807, 2.05) is 31.2 Å². The third-order valence-electron chi connectivity index (χ3n) is 2.54. The quantitative estimate of drug-likeness (QED) is 0.611. The number of carbonyl (C=O) groups is 2. The molecule has 1 aromatic carbocycles. The summed E-state index contributed by atoms with van der Waals surface area (Å²) in [7, 11) is 0. The second-order valence-electron chi connectivity index (χ2n) is 3.82. The highest BCUT2D eigenvalue weighted by atomic mass is 32.1. The summed E-state index contributed by atoms with van der Waals surface area (Å²) in [6.07, 6.45) is 0.891. The summed E-state index contributed by atoms with van der Waals surface area (Å²) < 4.78 is 0. The van der Waals surface area contributed by atoms with Crippen LogP contribution in [0.3, 0.4) is 0 Å². The maximum Gasteiger partial charge on any atom is 0.202 e. The van der Waals surface area contributed by atoms with Gasteiger partial charge in [0.2, 0.25) is 5.78 Å². The Bertz CT molecular complexity index is 528. The third kappa shape index (κ3) is 2.50. The minimum atomic E-state index is -0.141. The van der Waals surface area contributed by atoms with Gasteiger partial charge in [0, 0.05) is 16.4 Å². The second kappa shape index (κ2) is 5.06. The molecule has 1 aromatic heterocycles. The van der Waals surface area contributed by atoms with Crippen LogP contribution in [0.15, 0.2) is 42.5 Å². The average molecular weight is 244 g/mol. The summed E-state index contributed by atoms with van der Waals surface area (Å²) in [5.74, 6) is -0.128. The zero-order chi connectivity index (χ0) is 12.3. The van der Waals surface area contributed by atoms with Crippen LogP contribution in [-0.4, -0.2) is 12.1 Å². The van der Waals surface area contributed by atoms with Crippen LogP contribution in [0.4, 0.5) is 0 Å². The number of thiophene rings is 1. The van der Waals surface area contributed by atoms with Crippen LogP contribution in [0.2, 0.25) is 0 Å². The second-order valence-corrected chi connectivity index (χ2v) is 4.94. The van der Waals surface area contributed by atoms with Crippen molar-refractivity contribution in [1.82, 2.24) is 0 Å². The molecule has 17 heavy (non-hydrogen) atoms. The van der Waals surface area contributed by atoms with Gasteiger partial charge in [-0.1, -0.05) is 37.3 Å². The fraction of sp³-hybridized carbons (Fsp3) is 0.143. The fourth-order valence-electron chi connectivity index (χ4n) is 1.52. The van der Waals surface area contributed by atoms with Crippen molar-refractivity contribution in [2.24, 2.45) is 0 Å². The van der Waals surface area contributed by atoms with Crippen molar-refractivity contribution in [2.45, 2.75) is 12.8 Å². The van der Waals surface area contributed by atoms with E-state index >= 15 is 0 Å². The molecule has 0 spiro atoms. The molecule has 1 atom stereocenters. The van der Waals surface area contributed by atoms with Gasteiger partial charge in [-0.2, -0.15) is 0 Å². The van der Waals surface area contributed by atoms with E-state index in [1.165, 1.54) is 11.3 Å². The normalized spacial score (nSPS) is 12.1. The van der Waals surface area contributed by atoms with Gasteiger partial charge in [-0.25, -0.2) is 0 Å². The Labute approximate surface area is 104 Å². The Balaban J connectivity index is 2.27. The van der Waals surface area contributed by atoms with Crippen molar-refractivity contribution in [3.8, 4) is 0 Å². The summed E-state index contributed by atoms with van der Waals surface area (Å²) in [4.78, 5) is 24.4. The van der Waals surface area contributed by atoms with Gasteiger partial charge in [0.15, 0.2) is 0 Å². The molecule has 0 fully saturated rings. The summed E-state index contributed by atoms with van der Waals surface area (Å²) >= 11 is 1.39. The maximum absolute atomic E-state index is 12.1. The molecular formula is C14H12O2S. The molecule has 0 unspecified atom stereocenters. The van der Waals surface area contributed by atoms with Crippen LogP contribution in [0.5, 0.6) is 0 Å². The molecule has 0 aliphatic rings. The molecule has 0 saturated heterocycles. The van der Waals surface area contributed by atoms with Gasteiger partial charge in [-0.3, -0.25) is 4.79 Å². The lowest BCUT2D eigenvalue weighted by molar-refractivity contribution is -0.108. The molecule has 0 radical (unpaired) electrons. The molecule has 0 bridgehead atoms. The fourth-order valence-corrected chi connectivity index (χ4v) is 2.50. The zero-order valence-corrected chi connectivity index (χ0v) is 10.2. The smallest absolute Gasteiger partial charge is 0.202 e. The van der Waals surface area contributed by atoms with Gasteiger partial charge >= 0.3 is 0 Å². The van der Waals surface area contributed by atoms with E-state index in [0.717, 1.165) is 11.2 Å². The van der Waals surface area contributed by atoms with E-state index in [0.29, 0.717) is 10.4 Å². The molecule has 0 N–H and O–H groups in total. The number of benzene rings is 1. The van der Waals surface area contributed by atoms with Crippen molar-refractivity contribution in [3.05, 3.63) is 57.8 Å². The Kier molecular flexibility index (Phi) is 3.49. The minimum absolute atomic E-state index is 0.0138. The predicted octanol–water partition coefficient (Wildman–Crippen LogP) is 3.28. The van der Waals surface area contributed by atoms with E-state index in [2.05, 4.69) is 0 Å². The van der Waals surface area contributed by atoms with E-state index in [1.54, 1.807) is 18.2 Å². The highest BCUT2D eigenvalue weighted by Gasteiger charge is 2.13. The van der Waals surface area contributed by atoms with Gasteiger partial charge in [-0.05, 0) is 12.1 Å². The van der Waals surface area contributed by atoms with Crippen molar-refractivity contribution in [3.63, 3.8) is 0 Å². The standard InChI is InChI=1S/C14H12O2S/c1-10(9-15)12-7-8-13(17-12)14(16)11-5-3-2-4-6-11/h2-10H,1H3/t10-/m0/s1. The summed E-state index contributed by atoms with van der Waals surface area (Å²) in [5.41, 5.74) is 0.680. The van der Waals surface area contributed by atoms with E-state index in [9.17, 15) is 9.59 Å². The summed E-state index contributed by atoms with van der Waals surface area (Å²) in [5, 5.41) is 0. The highest BCUT2D eigenvalue weighted by Crippen LogP contribution is 2.25. The van der Waals surface area contributed by atoms with Crippen molar-refractivity contribution < 1.29 is 9.59 Å². The molecule has 0 saturated carbocycles. The van der Waals surface area contributed by atoms with Crippen molar-refractivity contribution in [1.29, 1.82) is 0 Å². The maximum atomic E-state index is 12.1. The minimum Gasteiger partial charge on any atom is -0.303 e.